The molecule has 0 radical (unpaired) electrons. The van der Waals surface area contributed by atoms with Gasteiger partial charge in [0.15, 0.2) is 0 Å². The average molecular weight is 393 g/mol. The van der Waals surface area contributed by atoms with Gasteiger partial charge >= 0.3 is 0 Å². The molecule has 0 aromatic heterocycles. The molecule has 1 heterocycles. The normalized spacial score (nSPS) is 19.2. The third-order valence-electron chi connectivity index (χ3n) is 4.55. The molecule has 2 unspecified atom stereocenters. The van der Waals surface area contributed by atoms with Gasteiger partial charge in [-0.25, -0.2) is 0 Å². The highest BCUT2D eigenvalue weighted by molar-refractivity contribution is 7.84. The van der Waals surface area contributed by atoms with Crippen LogP contribution in [0.1, 0.15) is 5.56 Å². The number of ether oxygens (including phenoxy) is 1. The van der Waals surface area contributed by atoms with E-state index in [4.69, 9.17) is 16.3 Å². The van der Waals surface area contributed by atoms with Crippen LogP contribution in [0, 0.1) is 0 Å². The minimum atomic E-state index is -0.953. The Labute approximate surface area is 163 Å². The van der Waals surface area contributed by atoms with Gasteiger partial charge in [0, 0.05) is 53.2 Å². The van der Waals surface area contributed by atoms with E-state index < -0.39 is 10.8 Å². The molecular formula is C20H25ClN2O2S. The van der Waals surface area contributed by atoms with E-state index in [1.165, 1.54) is 5.56 Å². The van der Waals surface area contributed by atoms with Crippen molar-refractivity contribution < 1.29 is 8.95 Å². The fourth-order valence-electron chi connectivity index (χ4n) is 3.11. The van der Waals surface area contributed by atoms with Crippen LogP contribution in [-0.2, 0) is 17.2 Å². The Morgan fingerprint density at radius 3 is 2.81 bits per heavy atom. The van der Waals surface area contributed by atoms with Crippen LogP contribution in [0.15, 0.2) is 53.4 Å². The molecule has 1 fully saturated rings. The molecule has 26 heavy (non-hydrogen) atoms. The quantitative estimate of drug-likeness (QED) is 0.786. The first-order chi connectivity index (χ1) is 12.6. The van der Waals surface area contributed by atoms with Crippen molar-refractivity contribution in [3.63, 3.8) is 0 Å². The van der Waals surface area contributed by atoms with Gasteiger partial charge in [-0.05, 0) is 48.4 Å². The number of piperazine rings is 1. The lowest BCUT2D eigenvalue weighted by atomic mass is 10.1. The van der Waals surface area contributed by atoms with Crippen molar-refractivity contribution in [2.45, 2.75) is 17.4 Å². The molecule has 3 rings (SSSR count). The molecule has 2 aromatic carbocycles. The van der Waals surface area contributed by atoms with Crippen molar-refractivity contribution in [2.75, 3.05) is 39.0 Å². The van der Waals surface area contributed by atoms with E-state index in [1.54, 1.807) is 6.26 Å². The fraction of sp³-hybridized carbons (Fsp3) is 0.400. The SMILES string of the molecule is CS(=O)c1ccc(OCC2CN(CCc3cccc(Cl)c3)CCN2)cc1. The summed E-state index contributed by atoms with van der Waals surface area (Å²) >= 11 is 6.06. The zero-order valence-electron chi connectivity index (χ0n) is 15.0. The number of rotatable bonds is 7. The third-order valence-corrected chi connectivity index (χ3v) is 5.72. The summed E-state index contributed by atoms with van der Waals surface area (Å²) in [5.74, 6) is 0.817. The number of hydrogen-bond donors (Lipinski definition) is 1. The summed E-state index contributed by atoms with van der Waals surface area (Å²) in [4.78, 5) is 3.29. The first-order valence-electron chi connectivity index (χ1n) is 8.86. The first-order valence-corrected chi connectivity index (χ1v) is 10.8. The summed E-state index contributed by atoms with van der Waals surface area (Å²) in [5.41, 5.74) is 1.28. The molecule has 0 saturated carbocycles. The van der Waals surface area contributed by atoms with Crippen molar-refractivity contribution in [3.8, 4) is 5.75 Å². The fourth-order valence-corrected chi connectivity index (χ4v) is 3.85. The maximum Gasteiger partial charge on any atom is 0.119 e. The molecule has 1 aliphatic heterocycles. The van der Waals surface area contributed by atoms with Crippen molar-refractivity contribution in [1.29, 1.82) is 0 Å². The van der Waals surface area contributed by atoms with Gasteiger partial charge in [-0.15, -0.1) is 0 Å². The summed E-state index contributed by atoms with van der Waals surface area (Å²) in [7, 11) is -0.953. The van der Waals surface area contributed by atoms with Crippen LogP contribution < -0.4 is 10.1 Å². The Kier molecular flexibility index (Phi) is 7.08. The number of halogens is 1. The molecular weight excluding hydrogens is 368 g/mol. The van der Waals surface area contributed by atoms with E-state index in [2.05, 4.69) is 16.3 Å². The predicted octanol–water partition coefficient (Wildman–Crippen LogP) is 2.97. The summed E-state index contributed by atoms with van der Waals surface area (Å²) in [6, 6.07) is 15.9. The maximum atomic E-state index is 11.4. The van der Waals surface area contributed by atoms with Crippen LogP contribution in [0.5, 0.6) is 5.75 Å². The largest absolute Gasteiger partial charge is 0.492 e. The van der Waals surface area contributed by atoms with Gasteiger partial charge in [0.25, 0.3) is 0 Å². The molecule has 0 bridgehead atoms. The monoisotopic (exact) mass is 392 g/mol. The van der Waals surface area contributed by atoms with Crippen LogP contribution >= 0.6 is 11.6 Å². The van der Waals surface area contributed by atoms with E-state index >= 15 is 0 Å². The topological polar surface area (TPSA) is 41.6 Å². The lowest BCUT2D eigenvalue weighted by Crippen LogP contribution is -2.53. The molecule has 0 aliphatic carbocycles. The van der Waals surface area contributed by atoms with Crippen LogP contribution in [0.25, 0.3) is 0 Å². The second-order valence-electron chi connectivity index (χ2n) is 6.57. The van der Waals surface area contributed by atoms with Gasteiger partial charge in [-0.2, -0.15) is 0 Å². The maximum absolute atomic E-state index is 11.4. The van der Waals surface area contributed by atoms with Crippen molar-refractivity contribution >= 4 is 22.4 Å². The average Bonchev–Trinajstić information content (AvgIpc) is 2.65. The molecule has 0 spiro atoms. The van der Waals surface area contributed by atoms with Gasteiger partial charge in [0.1, 0.15) is 12.4 Å². The highest BCUT2D eigenvalue weighted by Crippen LogP contribution is 2.15. The molecule has 6 heteroatoms. The Bertz CT molecular complexity index is 739. The molecule has 140 valence electrons. The Hall–Kier alpha value is -1.40. The Balaban J connectivity index is 1.45. The number of nitrogens with one attached hydrogen (secondary N) is 1. The summed E-state index contributed by atoms with van der Waals surface area (Å²) in [6.07, 6.45) is 2.68. The Morgan fingerprint density at radius 2 is 2.08 bits per heavy atom. The third kappa shape index (κ3) is 5.81. The number of hydrogen-bond acceptors (Lipinski definition) is 4. The summed E-state index contributed by atoms with van der Waals surface area (Å²) < 4.78 is 17.3. The van der Waals surface area contributed by atoms with Crippen LogP contribution in [0.3, 0.4) is 0 Å². The zero-order valence-corrected chi connectivity index (χ0v) is 16.6. The van der Waals surface area contributed by atoms with Gasteiger partial charge in [0.2, 0.25) is 0 Å². The highest BCUT2D eigenvalue weighted by atomic mass is 35.5. The minimum Gasteiger partial charge on any atom is -0.492 e. The zero-order chi connectivity index (χ0) is 18.4. The molecule has 0 amide bonds. The van der Waals surface area contributed by atoms with E-state index in [9.17, 15) is 4.21 Å². The molecule has 2 aromatic rings. The van der Waals surface area contributed by atoms with Crippen LogP contribution in [0.4, 0.5) is 0 Å². The van der Waals surface area contributed by atoms with Crippen LogP contribution in [0.2, 0.25) is 5.02 Å². The molecule has 2 atom stereocenters. The Morgan fingerprint density at radius 1 is 1.27 bits per heavy atom. The standard InChI is InChI=1S/C20H25ClN2O2S/c1-26(24)20-7-5-19(6-8-20)25-15-18-14-23(12-10-22-18)11-9-16-3-2-4-17(21)13-16/h2-8,13,18,22H,9-12,14-15H2,1H3. The molecule has 1 saturated heterocycles. The van der Waals surface area contributed by atoms with Gasteiger partial charge in [-0.3, -0.25) is 4.21 Å². The second-order valence-corrected chi connectivity index (χ2v) is 8.38. The molecule has 1 N–H and O–H groups in total. The molecule has 1 aliphatic rings. The van der Waals surface area contributed by atoms with Gasteiger partial charge in [0.05, 0.1) is 6.04 Å². The number of benzene rings is 2. The van der Waals surface area contributed by atoms with Gasteiger partial charge in [-0.1, -0.05) is 23.7 Å². The first kappa shape index (κ1) is 19.4. The van der Waals surface area contributed by atoms with Crippen molar-refractivity contribution in [1.82, 2.24) is 10.2 Å². The smallest absolute Gasteiger partial charge is 0.119 e. The lowest BCUT2D eigenvalue weighted by molar-refractivity contribution is 0.159. The lowest BCUT2D eigenvalue weighted by Gasteiger charge is -2.33. The van der Waals surface area contributed by atoms with E-state index in [-0.39, 0.29) is 0 Å². The summed E-state index contributed by atoms with van der Waals surface area (Å²) in [5, 5.41) is 4.32. The van der Waals surface area contributed by atoms with E-state index in [0.29, 0.717) is 12.6 Å². The minimum absolute atomic E-state index is 0.308. The molecule has 4 nitrogen and oxygen atoms in total. The second kappa shape index (κ2) is 9.51. The predicted molar refractivity (Wildman–Crippen MR) is 108 cm³/mol. The summed E-state index contributed by atoms with van der Waals surface area (Å²) in [6.45, 7) is 4.64. The van der Waals surface area contributed by atoms with Crippen LogP contribution in [-0.4, -0.2) is 54.2 Å². The van der Waals surface area contributed by atoms with Crippen molar-refractivity contribution in [3.05, 3.63) is 59.1 Å². The van der Waals surface area contributed by atoms with Crippen molar-refractivity contribution in [2.24, 2.45) is 0 Å². The van der Waals surface area contributed by atoms with E-state index in [1.807, 2.05) is 42.5 Å². The van der Waals surface area contributed by atoms with E-state index in [0.717, 1.165) is 48.3 Å². The van der Waals surface area contributed by atoms with Gasteiger partial charge < -0.3 is 15.0 Å². The highest BCUT2D eigenvalue weighted by Gasteiger charge is 2.19. The number of nitrogens with zero attached hydrogens (tertiary/aromatic N) is 1.